The molecular weight excluding hydrogens is 1100 g/mol. The maximum absolute atomic E-state index is 14.0. The molecule has 462 valence electrons. The van der Waals surface area contributed by atoms with Crippen LogP contribution < -0.4 is 37.2 Å². The van der Waals surface area contributed by atoms with Crippen molar-refractivity contribution in [3.8, 4) is 0 Å². The molecule has 0 radical (unpaired) electrons. The number of aliphatic carboxylic acids is 1. The fourth-order valence-electron chi connectivity index (χ4n) is 9.78. The van der Waals surface area contributed by atoms with E-state index in [1.807, 2.05) is 48.8 Å². The summed E-state index contributed by atoms with van der Waals surface area (Å²) in [7, 11) is 3.16. The average molecular weight is 1190 g/mol. The van der Waals surface area contributed by atoms with E-state index in [1.165, 1.54) is 7.11 Å². The number of likely N-dealkylation sites (tertiary alicyclic amines) is 1. The molecule has 0 aromatic heterocycles. The lowest BCUT2D eigenvalue weighted by Crippen LogP contribution is -2.56. The van der Waals surface area contributed by atoms with Crippen LogP contribution in [0.15, 0.2) is 18.2 Å². The van der Waals surface area contributed by atoms with Crippen molar-refractivity contribution in [3.05, 3.63) is 29.3 Å². The summed E-state index contributed by atoms with van der Waals surface area (Å²) in [5.41, 5.74) is 7.69. The van der Waals surface area contributed by atoms with Crippen LogP contribution >= 0.6 is 0 Å². The van der Waals surface area contributed by atoms with Crippen molar-refractivity contribution in [2.45, 2.75) is 123 Å². The van der Waals surface area contributed by atoms with E-state index in [0.29, 0.717) is 64.3 Å². The first-order valence-corrected chi connectivity index (χ1v) is 29.8. The van der Waals surface area contributed by atoms with Gasteiger partial charge in [0.2, 0.25) is 47.6 Å². The van der Waals surface area contributed by atoms with E-state index in [0.717, 1.165) is 55.7 Å². The predicted molar refractivity (Wildman–Crippen MR) is 299 cm³/mol. The van der Waals surface area contributed by atoms with Gasteiger partial charge in [-0.3, -0.25) is 72.3 Å². The van der Waals surface area contributed by atoms with Crippen LogP contribution in [0.4, 0.5) is 9.21 Å². The number of amides is 7. The van der Waals surface area contributed by atoms with E-state index in [2.05, 4.69) is 31.5 Å². The number of ether oxygens (including phenoxy) is 2. The van der Waals surface area contributed by atoms with E-state index >= 15 is 0 Å². The standard InChI is InChI=1S/C27H50N8O8.C24H31N3O6.C3H6O2.Al.FH/c1-3-33(20-27(42)43)14-15-35(13-12-32(2)19-26(40)41)17-21-6-10-34(11-7-21)18-25(39)31-16-24(38)30-9-5-23(37)29-8-4-22(28)36;1-4-13(2)10-19(28)25-16-9-8-14-6-5-7-15-11-18(27(21(14)15)23(16)31)22(30)26-17-12-20(29)33-24(17)32-3;1-2-3(4)5;;/h21H,3-20H2,1-2H3,(H2,28,36)(H,29,37)(H,30,38)(H,31,39)(H,40,41)(H,42,43);5-7,13,16-18,24H,4,8-12H2,1-3H3,(H,25,28)(H,26,30);2H2,1H3,(H,4,5);;1H/q;;;+3;/p-3. The van der Waals surface area contributed by atoms with Crippen molar-refractivity contribution >= 4 is 86.2 Å². The van der Waals surface area contributed by atoms with Gasteiger partial charge >= 0.3 is 27.2 Å². The monoisotopic (exact) mass is 1190 g/mol. The topological polar surface area (TPSA) is 347 Å². The van der Waals surface area contributed by atoms with E-state index in [-0.39, 0.29) is 100 Å². The Morgan fingerprint density at radius 3 is 2.07 bits per heavy atom. The minimum Gasteiger partial charge on any atom is -0.558 e. The number of carboxylic acid groups (broad SMARTS) is 1. The number of nitrogens with two attached hydrogens (primary N) is 1. The Morgan fingerprint density at radius 1 is 0.783 bits per heavy atom. The second-order valence-electron chi connectivity index (χ2n) is 21.2. The number of nitrogens with zero attached hydrogens (tertiary/aromatic N) is 5. The van der Waals surface area contributed by atoms with Crippen molar-refractivity contribution in [1.82, 2.24) is 46.2 Å². The number of esters is 1. The number of carbonyl (C=O) groups excluding carboxylic acids is 10. The van der Waals surface area contributed by atoms with Gasteiger partial charge in [-0.15, -0.1) is 0 Å². The molecule has 5 aliphatic rings. The van der Waals surface area contributed by atoms with Crippen LogP contribution in [0.25, 0.3) is 0 Å². The minimum atomic E-state index is -3.87. The quantitative estimate of drug-likeness (QED) is 0.0551. The summed E-state index contributed by atoms with van der Waals surface area (Å²) in [6.07, 6.45) is 3.96. The van der Waals surface area contributed by atoms with Crippen LogP contribution in [0.3, 0.4) is 0 Å². The van der Waals surface area contributed by atoms with Gasteiger partial charge in [-0.05, 0) is 75.3 Å². The highest BCUT2D eigenvalue weighted by molar-refractivity contribution is 6.41. The van der Waals surface area contributed by atoms with Gasteiger partial charge in [0.25, 0.3) is 11.9 Å². The Labute approximate surface area is 489 Å². The Kier molecular flexibility index (Phi) is 29.8. The minimum absolute atomic E-state index is 0.0113. The molecule has 5 atom stereocenters. The number of nitrogens with one attached hydrogen (secondary N) is 5. The third kappa shape index (κ3) is 24.4. The molecule has 0 saturated carbocycles. The molecule has 0 spiro atoms. The number of halogens is 1. The number of para-hydroxylation sites is 1. The van der Waals surface area contributed by atoms with E-state index in [1.54, 1.807) is 23.8 Å². The van der Waals surface area contributed by atoms with Crippen LogP contribution in [-0.4, -0.2) is 235 Å². The summed E-state index contributed by atoms with van der Waals surface area (Å²) < 4.78 is 33.6. The van der Waals surface area contributed by atoms with Gasteiger partial charge < -0.3 is 62.9 Å². The lowest BCUT2D eigenvalue weighted by atomic mass is 9.96. The number of carbonyl (C=O) groups is 11. The zero-order valence-corrected chi connectivity index (χ0v) is 49.9. The maximum atomic E-state index is 14.0. The van der Waals surface area contributed by atoms with Crippen molar-refractivity contribution in [3.63, 3.8) is 0 Å². The fraction of sp³-hybridized carbons (Fsp3) is 0.685. The van der Waals surface area contributed by atoms with Crippen molar-refractivity contribution in [2.24, 2.45) is 17.6 Å². The van der Waals surface area contributed by atoms with E-state index < -0.39 is 75.4 Å². The van der Waals surface area contributed by atoms with Crippen LogP contribution in [0, 0.1) is 11.8 Å². The summed E-state index contributed by atoms with van der Waals surface area (Å²) in [6.45, 7) is 13.0. The normalized spacial score (nSPS) is 21.6. The van der Waals surface area contributed by atoms with Crippen LogP contribution in [0.5, 0.6) is 0 Å². The average Bonchev–Trinajstić information content (AvgIpc) is 3.76. The Morgan fingerprint density at radius 2 is 1.42 bits per heavy atom. The molecule has 1 aromatic carbocycles. The number of piperidine rings is 1. The molecule has 5 heterocycles. The molecule has 3 saturated heterocycles. The number of hydrogen-bond acceptors (Lipinski definition) is 19. The molecule has 83 heavy (non-hydrogen) atoms. The number of methoxy groups -OCH3 is 1. The van der Waals surface area contributed by atoms with Gasteiger partial charge in [0.15, 0.2) is 0 Å². The molecule has 5 aliphatic heterocycles. The maximum Gasteiger partial charge on any atom is 1.15 e. The van der Waals surface area contributed by atoms with Crippen LogP contribution in [-0.2, 0) is 82.6 Å². The van der Waals surface area contributed by atoms with Gasteiger partial charge in [0.1, 0.15) is 18.1 Å². The smallest absolute Gasteiger partial charge is 0.558 e. The molecular formula is C54H85AlFN11O16. The molecule has 1 aromatic rings. The molecule has 5 unspecified atom stereocenters. The summed E-state index contributed by atoms with van der Waals surface area (Å²) >= 11 is -3.87. The van der Waals surface area contributed by atoms with E-state index in [9.17, 15) is 56.3 Å². The van der Waals surface area contributed by atoms with Gasteiger partial charge in [0, 0.05) is 85.0 Å². The zero-order chi connectivity index (χ0) is 61.2. The third-order valence-corrected chi connectivity index (χ3v) is 15.6. The van der Waals surface area contributed by atoms with Crippen molar-refractivity contribution in [1.29, 1.82) is 0 Å². The predicted octanol–water partition coefficient (Wildman–Crippen LogP) is -1.38. The number of anilines is 1. The summed E-state index contributed by atoms with van der Waals surface area (Å²) in [6, 6.07) is 3.74. The van der Waals surface area contributed by atoms with Gasteiger partial charge in [0.05, 0.1) is 38.3 Å². The van der Waals surface area contributed by atoms with Crippen LogP contribution in [0.1, 0.15) is 96.6 Å². The molecule has 0 bridgehead atoms. The molecule has 29 heteroatoms. The summed E-state index contributed by atoms with van der Waals surface area (Å²) in [4.78, 5) is 141. The van der Waals surface area contributed by atoms with E-state index in [4.69, 9.17) is 27.9 Å². The molecule has 3 fully saturated rings. The molecule has 6 rings (SSSR count). The fourth-order valence-corrected chi connectivity index (χ4v) is 10.4. The number of benzene rings is 1. The molecule has 8 N–H and O–H groups in total. The lowest BCUT2D eigenvalue weighted by Gasteiger charge is -2.35. The Balaban J connectivity index is 0.000000341. The Hall–Kier alpha value is -6.35. The summed E-state index contributed by atoms with van der Waals surface area (Å²) in [5.74, 6) is -4.35. The summed E-state index contributed by atoms with van der Waals surface area (Å²) in [5, 5.41) is 21.2. The van der Waals surface area contributed by atoms with Crippen LogP contribution in [0.2, 0.25) is 0 Å². The van der Waals surface area contributed by atoms with Gasteiger partial charge in [-0.1, -0.05) is 52.3 Å². The first-order valence-electron chi connectivity index (χ1n) is 28.5. The van der Waals surface area contributed by atoms with Gasteiger partial charge in [-0.2, -0.15) is 0 Å². The number of carboxylic acids is 1. The highest BCUT2D eigenvalue weighted by Gasteiger charge is 2.46. The second kappa shape index (κ2) is 35.7. The number of likely N-dealkylation sites (N-methyl/N-ethyl adjacent to an activating group) is 2. The molecule has 7 amide bonds. The first kappa shape index (κ1) is 69.1. The number of primary amides is 1. The highest BCUT2D eigenvalue weighted by Crippen LogP contribution is 2.39. The lowest BCUT2D eigenvalue weighted by molar-refractivity contribution is -0.160. The number of hydrogen-bond donors (Lipinski definition) is 7. The third-order valence-electron chi connectivity index (χ3n) is 14.7. The van der Waals surface area contributed by atoms with Gasteiger partial charge in [-0.25, -0.2) is 0 Å². The highest BCUT2D eigenvalue weighted by atomic mass is 27.3. The Bertz CT molecular complexity index is 2400. The zero-order valence-electron chi connectivity index (χ0n) is 48.7. The largest absolute Gasteiger partial charge is 1.15 e. The van der Waals surface area contributed by atoms with Crippen molar-refractivity contribution < 1.29 is 78.4 Å². The SMILES string of the molecule is CCC(=O)O.CCC(C)CC(=O)NC1CCc2cccc3c2N(C1=O)C(C(=O)NC1CC(=O)OC1OC)C3.CCN1CCN(CC2CCN(CC(=O)NCC(=O)NCCC(=O)NCCC(N)=O)CC2)CCN(C)CC(=O)[O][Al]([F])[O]C(=O)C1. The molecule has 27 nitrogen and oxygen atoms in total. The first-order chi connectivity index (χ1) is 39.5. The second-order valence-corrected chi connectivity index (χ2v) is 22.2. The number of aryl methyl sites for hydroxylation is 1. The molecule has 0 aliphatic carbocycles. The number of rotatable bonds is 21. The van der Waals surface area contributed by atoms with Crippen molar-refractivity contribution in [2.75, 3.05) is 111 Å². The number of cyclic esters (lactones) is 1.